The van der Waals surface area contributed by atoms with Gasteiger partial charge in [-0.1, -0.05) is 5.92 Å². The number of carbonyl (C=O) groups excluding carboxylic acids is 1. The lowest BCUT2D eigenvalue weighted by Crippen LogP contribution is -2.16. The fraction of sp³-hybridized carbons (Fsp3) is 0.500. The lowest BCUT2D eigenvalue weighted by Gasteiger charge is -2.02. The molecule has 0 radical (unpaired) electrons. The van der Waals surface area contributed by atoms with Crippen LogP contribution in [0.3, 0.4) is 0 Å². The summed E-state index contributed by atoms with van der Waals surface area (Å²) in [4.78, 5) is 10.3. The lowest BCUT2D eigenvalue weighted by molar-refractivity contribution is 0.0841. The summed E-state index contributed by atoms with van der Waals surface area (Å²) in [6.45, 7) is -0.396. The first-order chi connectivity index (χ1) is 6.02. The molecular formula is C6H8O6S. The zero-order chi connectivity index (χ0) is 10.3. The van der Waals surface area contributed by atoms with Crippen LogP contribution < -0.4 is 0 Å². The lowest BCUT2D eigenvalue weighted by atomic mass is 10.8. The van der Waals surface area contributed by atoms with E-state index in [1.54, 1.807) is 0 Å². The van der Waals surface area contributed by atoms with Crippen molar-refractivity contribution in [1.82, 2.24) is 0 Å². The highest BCUT2D eigenvalue weighted by Gasteiger charge is 2.14. The number of methoxy groups -OCH3 is 1. The molecule has 0 aliphatic carbocycles. The van der Waals surface area contributed by atoms with E-state index in [0.29, 0.717) is 0 Å². The SMILES string of the molecule is C#CCOS(=O)(=O)COC(=O)OC. The first-order valence-electron chi connectivity index (χ1n) is 3.03. The second-order valence-corrected chi connectivity index (χ2v) is 3.33. The fourth-order valence-electron chi connectivity index (χ4n) is 0.337. The Kier molecular flexibility index (Phi) is 4.87. The predicted molar refractivity (Wildman–Crippen MR) is 42.1 cm³/mol. The summed E-state index contributed by atoms with van der Waals surface area (Å²) in [5, 5.41) is 0. The van der Waals surface area contributed by atoms with Gasteiger partial charge in [-0.3, -0.25) is 4.18 Å². The first kappa shape index (κ1) is 11.7. The normalized spacial score (nSPS) is 10.2. The van der Waals surface area contributed by atoms with Crippen molar-refractivity contribution in [3.05, 3.63) is 0 Å². The van der Waals surface area contributed by atoms with Crippen molar-refractivity contribution in [3.8, 4) is 12.3 Å². The number of rotatable bonds is 4. The van der Waals surface area contributed by atoms with Crippen LogP contribution in [0.5, 0.6) is 0 Å². The number of hydrogen-bond acceptors (Lipinski definition) is 6. The van der Waals surface area contributed by atoms with E-state index in [1.807, 2.05) is 5.92 Å². The van der Waals surface area contributed by atoms with E-state index in [1.165, 1.54) is 0 Å². The van der Waals surface area contributed by atoms with Crippen LogP contribution in [0.2, 0.25) is 0 Å². The maximum Gasteiger partial charge on any atom is 0.509 e. The minimum absolute atomic E-state index is 0.396. The Balaban J connectivity index is 3.91. The second kappa shape index (κ2) is 5.40. The molecule has 0 bridgehead atoms. The molecule has 0 saturated carbocycles. The van der Waals surface area contributed by atoms with Crippen LogP contribution in [0.25, 0.3) is 0 Å². The Bertz CT molecular complexity index is 298. The molecule has 0 aliphatic heterocycles. The molecule has 0 spiro atoms. The van der Waals surface area contributed by atoms with Crippen LogP contribution >= 0.6 is 0 Å². The van der Waals surface area contributed by atoms with Crippen molar-refractivity contribution in [2.45, 2.75) is 0 Å². The van der Waals surface area contributed by atoms with Crippen molar-refractivity contribution < 1.29 is 26.9 Å². The molecule has 6 nitrogen and oxygen atoms in total. The van der Waals surface area contributed by atoms with E-state index in [-0.39, 0.29) is 0 Å². The highest BCUT2D eigenvalue weighted by Crippen LogP contribution is 1.94. The zero-order valence-corrected chi connectivity index (χ0v) is 7.67. The topological polar surface area (TPSA) is 78.9 Å². The molecule has 0 N–H and O–H groups in total. The Labute approximate surface area is 75.9 Å². The molecule has 0 saturated heterocycles. The third-order valence-electron chi connectivity index (χ3n) is 0.810. The van der Waals surface area contributed by atoms with Gasteiger partial charge in [-0.15, -0.1) is 6.42 Å². The standard InChI is InChI=1S/C6H8O6S/c1-3-4-12-13(8,9)5-11-6(7)10-2/h1H,4-5H2,2H3. The summed E-state index contributed by atoms with van der Waals surface area (Å²) < 4.78 is 33.8. The largest absolute Gasteiger partial charge is 0.509 e. The van der Waals surface area contributed by atoms with Gasteiger partial charge in [0.2, 0.25) is 5.94 Å². The molecule has 0 aromatic heterocycles. The Hall–Kier alpha value is -1.26. The van der Waals surface area contributed by atoms with Gasteiger partial charge in [0.15, 0.2) is 0 Å². The molecule has 0 aromatic carbocycles. The van der Waals surface area contributed by atoms with Crippen LogP contribution in [-0.4, -0.2) is 34.2 Å². The Morgan fingerprint density at radius 3 is 2.62 bits per heavy atom. The molecule has 0 heterocycles. The smallest absolute Gasteiger partial charge is 0.438 e. The summed E-state index contributed by atoms with van der Waals surface area (Å²) in [5.41, 5.74) is 0. The van der Waals surface area contributed by atoms with Crippen LogP contribution in [0.4, 0.5) is 4.79 Å². The van der Waals surface area contributed by atoms with Gasteiger partial charge in [0.1, 0.15) is 6.61 Å². The zero-order valence-electron chi connectivity index (χ0n) is 6.85. The summed E-state index contributed by atoms with van der Waals surface area (Å²) in [5.74, 6) is 1.04. The molecule has 74 valence electrons. The highest BCUT2D eigenvalue weighted by molar-refractivity contribution is 7.86. The van der Waals surface area contributed by atoms with E-state index in [2.05, 4.69) is 13.7 Å². The van der Waals surface area contributed by atoms with Gasteiger partial charge in [0.05, 0.1) is 7.11 Å². The summed E-state index contributed by atoms with van der Waals surface area (Å²) in [6, 6.07) is 0. The van der Waals surface area contributed by atoms with Crippen molar-refractivity contribution in [1.29, 1.82) is 0 Å². The maximum atomic E-state index is 10.8. The number of hydrogen-bond donors (Lipinski definition) is 0. The van der Waals surface area contributed by atoms with Gasteiger partial charge in [-0.2, -0.15) is 8.42 Å². The summed E-state index contributed by atoms with van der Waals surface area (Å²) in [6.07, 6.45) is 3.64. The van der Waals surface area contributed by atoms with Gasteiger partial charge in [0.25, 0.3) is 0 Å². The predicted octanol–water partition coefficient (Wildman–Crippen LogP) is -0.293. The van der Waals surface area contributed by atoms with Gasteiger partial charge < -0.3 is 9.47 Å². The molecule has 0 fully saturated rings. The van der Waals surface area contributed by atoms with Crippen molar-refractivity contribution >= 4 is 16.3 Å². The van der Waals surface area contributed by atoms with Crippen LogP contribution in [0, 0.1) is 12.3 Å². The Morgan fingerprint density at radius 1 is 1.54 bits per heavy atom. The molecule has 0 amide bonds. The van der Waals surface area contributed by atoms with Crippen molar-refractivity contribution in [3.63, 3.8) is 0 Å². The number of carbonyl (C=O) groups is 1. The Morgan fingerprint density at radius 2 is 2.15 bits per heavy atom. The monoisotopic (exact) mass is 208 g/mol. The molecule has 0 rings (SSSR count). The van der Waals surface area contributed by atoms with E-state index in [9.17, 15) is 13.2 Å². The minimum atomic E-state index is -3.91. The van der Waals surface area contributed by atoms with Crippen LogP contribution in [0.15, 0.2) is 0 Å². The van der Waals surface area contributed by atoms with Gasteiger partial charge in [-0.05, 0) is 0 Å². The van der Waals surface area contributed by atoms with Crippen LogP contribution in [0.1, 0.15) is 0 Å². The summed E-state index contributed by atoms with van der Waals surface area (Å²) in [7, 11) is -2.86. The van der Waals surface area contributed by atoms with Crippen molar-refractivity contribution in [2.24, 2.45) is 0 Å². The third-order valence-corrected chi connectivity index (χ3v) is 1.69. The molecule has 7 heteroatoms. The molecule has 0 atom stereocenters. The quantitative estimate of drug-likeness (QED) is 0.359. The van der Waals surface area contributed by atoms with Gasteiger partial charge in [0, 0.05) is 0 Å². The van der Waals surface area contributed by atoms with Gasteiger partial charge in [-0.25, -0.2) is 4.79 Å². The van der Waals surface area contributed by atoms with Crippen LogP contribution in [-0.2, 0) is 23.8 Å². The van der Waals surface area contributed by atoms with E-state index in [0.717, 1.165) is 7.11 Å². The summed E-state index contributed by atoms with van der Waals surface area (Å²) >= 11 is 0. The molecular weight excluding hydrogens is 200 g/mol. The first-order valence-corrected chi connectivity index (χ1v) is 4.61. The third kappa shape index (κ3) is 5.95. The molecule has 13 heavy (non-hydrogen) atoms. The molecule has 0 aromatic rings. The number of ether oxygens (including phenoxy) is 2. The van der Waals surface area contributed by atoms with Crippen molar-refractivity contribution in [2.75, 3.05) is 19.7 Å². The van der Waals surface area contributed by atoms with E-state index < -0.39 is 28.8 Å². The maximum absolute atomic E-state index is 10.8. The van der Waals surface area contributed by atoms with Gasteiger partial charge >= 0.3 is 16.3 Å². The second-order valence-electron chi connectivity index (χ2n) is 1.74. The average molecular weight is 208 g/mol. The van der Waals surface area contributed by atoms with E-state index >= 15 is 0 Å². The number of terminal acetylenes is 1. The highest BCUT2D eigenvalue weighted by atomic mass is 32.2. The minimum Gasteiger partial charge on any atom is -0.438 e. The molecule has 0 unspecified atom stereocenters. The molecule has 0 aliphatic rings. The van der Waals surface area contributed by atoms with E-state index in [4.69, 9.17) is 6.42 Å². The fourth-order valence-corrected chi connectivity index (χ4v) is 0.893. The average Bonchev–Trinajstić information content (AvgIpc) is 2.11.